The summed E-state index contributed by atoms with van der Waals surface area (Å²) in [6.45, 7) is 0. The fraction of sp³-hybridized carbons (Fsp3) is 0. The van der Waals surface area contributed by atoms with Crippen molar-refractivity contribution >= 4 is 87.2 Å². The van der Waals surface area contributed by atoms with E-state index in [9.17, 15) is 0 Å². The molecule has 18 aromatic rings. The predicted octanol–water partition coefficient (Wildman–Crippen LogP) is 20.9. The molecule has 0 atom stereocenters. The van der Waals surface area contributed by atoms with Crippen LogP contribution in [0.5, 0.6) is 0 Å². The van der Waals surface area contributed by atoms with Gasteiger partial charge in [0.2, 0.25) is 0 Å². The summed E-state index contributed by atoms with van der Waals surface area (Å²) >= 11 is 0. The zero-order valence-electron chi connectivity index (χ0n) is 47.9. The summed E-state index contributed by atoms with van der Waals surface area (Å²) in [7, 11) is 0. The molecule has 5 heterocycles. The first-order valence-electron chi connectivity index (χ1n) is 30.0. The average molecular weight is 1140 g/mol. The van der Waals surface area contributed by atoms with Crippen molar-refractivity contribution in [3.05, 3.63) is 303 Å². The molecular formula is C81H50FN7. The fourth-order valence-corrected chi connectivity index (χ4v) is 13.7. The summed E-state index contributed by atoms with van der Waals surface area (Å²) in [4.78, 5) is 19.0. The van der Waals surface area contributed by atoms with Gasteiger partial charge in [0.1, 0.15) is 5.82 Å². The highest BCUT2D eigenvalue weighted by molar-refractivity contribution is 6.14. The van der Waals surface area contributed by atoms with Gasteiger partial charge in [-0.15, -0.1) is 0 Å². The van der Waals surface area contributed by atoms with Gasteiger partial charge in [0.05, 0.1) is 38.8 Å². The zero-order valence-corrected chi connectivity index (χ0v) is 47.9. The lowest BCUT2D eigenvalue weighted by atomic mass is 10.0. The van der Waals surface area contributed by atoms with Crippen molar-refractivity contribution in [2.45, 2.75) is 0 Å². The van der Waals surface area contributed by atoms with Crippen LogP contribution in [0.25, 0.3) is 172 Å². The minimum Gasteiger partial charge on any atom is -0.355 e. The Morgan fingerprint density at radius 3 is 1.19 bits per heavy atom. The molecule has 18 rings (SSSR count). The highest BCUT2D eigenvalue weighted by atomic mass is 19.1. The van der Waals surface area contributed by atoms with Crippen molar-refractivity contribution in [1.29, 1.82) is 0 Å². The number of aromatic nitrogens is 7. The Morgan fingerprint density at radius 1 is 0.236 bits per heavy atom. The Hall–Kier alpha value is -12.0. The Balaban J connectivity index is 0.682. The first-order valence-corrected chi connectivity index (χ1v) is 30.0. The molecule has 7 nitrogen and oxygen atoms in total. The number of nitrogens with one attached hydrogen (secondary N) is 1. The molecule has 13 aromatic carbocycles. The van der Waals surface area contributed by atoms with Crippen molar-refractivity contribution in [3.63, 3.8) is 0 Å². The van der Waals surface area contributed by atoms with Crippen LogP contribution in [0.1, 0.15) is 0 Å². The first-order chi connectivity index (χ1) is 44.0. The van der Waals surface area contributed by atoms with Crippen molar-refractivity contribution in [2.75, 3.05) is 0 Å². The van der Waals surface area contributed by atoms with Gasteiger partial charge in [0, 0.05) is 82.2 Å². The SMILES string of the molecule is Fc1cc(-c2ccc(-c3nc(-c4ccccc4)nc(-c4cccc(-n5c6ccccc6c6cc(-c7cccc(-n8c9ccccc9c9cc(-c%10ccc%11[nH]c%12ccccc%12c%11c%10)ccc98)c7)ccc65)c4)n3)cc2)ccc1-n1c2ccccc2c2ccccc21. The fourth-order valence-electron chi connectivity index (χ4n) is 13.7. The second-order valence-electron chi connectivity index (χ2n) is 23.0. The van der Waals surface area contributed by atoms with Gasteiger partial charge in [0.15, 0.2) is 17.5 Å². The van der Waals surface area contributed by atoms with Crippen LogP contribution < -0.4 is 0 Å². The maximum atomic E-state index is 16.4. The van der Waals surface area contributed by atoms with E-state index < -0.39 is 0 Å². The third kappa shape index (κ3) is 8.22. The minimum absolute atomic E-state index is 0.301. The molecule has 416 valence electrons. The van der Waals surface area contributed by atoms with Crippen LogP contribution in [-0.4, -0.2) is 33.6 Å². The Kier molecular flexibility index (Phi) is 11.3. The van der Waals surface area contributed by atoms with E-state index in [1.165, 1.54) is 32.7 Å². The molecule has 5 aromatic heterocycles. The quantitative estimate of drug-likeness (QED) is 0.157. The molecule has 0 unspecified atom stereocenters. The van der Waals surface area contributed by atoms with Gasteiger partial charge in [-0.25, -0.2) is 19.3 Å². The number of rotatable bonds is 9. The molecule has 0 amide bonds. The lowest BCUT2D eigenvalue weighted by Crippen LogP contribution is -2.01. The van der Waals surface area contributed by atoms with Crippen LogP contribution in [0.3, 0.4) is 0 Å². The van der Waals surface area contributed by atoms with Crippen LogP contribution >= 0.6 is 0 Å². The first kappa shape index (κ1) is 50.3. The highest BCUT2D eigenvalue weighted by Crippen LogP contribution is 2.41. The van der Waals surface area contributed by atoms with Gasteiger partial charge in [-0.1, -0.05) is 194 Å². The van der Waals surface area contributed by atoms with E-state index in [2.05, 4.69) is 202 Å². The number of halogens is 1. The second kappa shape index (κ2) is 20.1. The number of aromatic amines is 1. The maximum Gasteiger partial charge on any atom is 0.164 e. The van der Waals surface area contributed by atoms with Crippen molar-refractivity contribution in [1.82, 2.24) is 33.6 Å². The summed E-state index contributed by atoms with van der Waals surface area (Å²) in [5.41, 5.74) is 20.2. The Labute approximate surface area is 510 Å². The van der Waals surface area contributed by atoms with E-state index in [-0.39, 0.29) is 5.82 Å². The van der Waals surface area contributed by atoms with Gasteiger partial charge in [-0.3, -0.25) is 0 Å². The number of fused-ring (bicyclic) bond motifs is 12. The molecule has 1 N–H and O–H groups in total. The van der Waals surface area contributed by atoms with Gasteiger partial charge in [-0.05, 0) is 137 Å². The van der Waals surface area contributed by atoms with Gasteiger partial charge >= 0.3 is 0 Å². The number of benzene rings is 13. The molecule has 0 saturated heterocycles. The molecule has 0 aliphatic rings. The third-order valence-electron chi connectivity index (χ3n) is 17.9. The molecule has 0 fully saturated rings. The van der Waals surface area contributed by atoms with Gasteiger partial charge in [0.25, 0.3) is 0 Å². The molecule has 89 heavy (non-hydrogen) atoms. The van der Waals surface area contributed by atoms with Crippen LogP contribution in [-0.2, 0) is 0 Å². The standard InChI is InChI=1S/C81H50FN7/c82-69-49-57(39-43-78(69)89-74-30-12-5-23-62(74)63-24-6-13-31-75(63)89)50-32-34-52(35-33-50)80-84-79(51-16-2-1-3-17-51)85-81(86-80)58-19-15-21-60(45-58)88-73-29-11-8-25-64(73)67-47-55(37-41-77(67)88)53-18-14-20-59(44-53)87-72-28-10-7-26-65(72)68-48-56(38-42-76(68)87)54-36-40-71-66(46-54)61-22-4-9-27-70(61)83-71/h1-49,83H. The largest absolute Gasteiger partial charge is 0.355 e. The second-order valence-corrected chi connectivity index (χ2v) is 23.0. The summed E-state index contributed by atoms with van der Waals surface area (Å²) in [5, 5.41) is 9.39. The van der Waals surface area contributed by atoms with E-state index in [0.29, 0.717) is 23.2 Å². The third-order valence-corrected chi connectivity index (χ3v) is 17.9. The number of hydrogen-bond donors (Lipinski definition) is 1. The van der Waals surface area contributed by atoms with Crippen molar-refractivity contribution in [3.8, 4) is 84.6 Å². The van der Waals surface area contributed by atoms with Crippen LogP contribution in [0.4, 0.5) is 4.39 Å². The Morgan fingerprint density at radius 2 is 0.607 bits per heavy atom. The summed E-state index contributed by atoms with van der Waals surface area (Å²) in [6, 6.07) is 104. The zero-order chi connectivity index (χ0) is 58.7. The Bertz CT molecular complexity index is 5830. The summed E-state index contributed by atoms with van der Waals surface area (Å²) in [5.74, 6) is 1.36. The van der Waals surface area contributed by atoms with E-state index >= 15 is 4.39 Å². The molecule has 0 spiro atoms. The maximum absolute atomic E-state index is 16.4. The van der Waals surface area contributed by atoms with Gasteiger partial charge < -0.3 is 18.7 Å². The average Bonchev–Trinajstić information content (AvgIpc) is 1.73. The number of H-pyrrole nitrogens is 1. The summed E-state index contributed by atoms with van der Waals surface area (Å²) < 4.78 is 23.2. The monoisotopic (exact) mass is 1140 g/mol. The van der Waals surface area contributed by atoms with Crippen LogP contribution in [0.2, 0.25) is 0 Å². The van der Waals surface area contributed by atoms with Crippen LogP contribution in [0, 0.1) is 5.82 Å². The number of hydrogen-bond acceptors (Lipinski definition) is 3. The molecule has 0 saturated carbocycles. The molecule has 0 aliphatic carbocycles. The van der Waals surface area contributed by atoms with Crippen LogP contribution in [0.15, 0.2) is 297 Å². The van der Waals surface area contributed by atoms with E-state index in [0.717, 1.165) is 116 Å². The molecule has 0 bridgehead atoms. The predicted molar refractivity (Wildman–Crippen MR) is 365 cm³/mol. The minimum atomic E-state index is -0.301. The van der Waals surface area contributed by atoms with Crippen molar-refractivity contribution in [2.24, 2.45) is 0 Å². The highest BCUT2D eigenvalue weighted by Gasteiger charge is 2.21. The summed E-state index contributed by atoms with van der Waals surface area (Å²) in [6.07, 6.45) is 0. The molecular weight excluding hydrogens is 1090 g/mol. The van der Waals surface area contributed by atoms with E-state index in [1.807, 2.05) is 108 Å². The number of nitrogens with zero attached hydrogens (tertiary/aromatic N) is 6. The smallest absolute Gasteiger partial charge is 0.164 e. The normalized spacial score (nSPS) is 11.9. The number of para-hydroxylation sites is 5. The lowest BCUT2D eigenvalue weighted by Gasteiger charge is -2.13. The topological polar surface area (TPSA) is 69.2 Å². The van der Waals surface area contributed by atoms with E-state index in [4.69, 9.17) is 15.0 Å². The van der Waals surface area contributed by atoms with Crippen molar-refractivity contribution < 1.29 is 4.39 Å². The molecule has 0 radical (unpaired) electrons. The molecule has 0 aliphatic heterocycles. The molecule has 8 heteroatoms. The lowest BCUT2D eigenvalue weighted by molar-refractivity contribution is 0.621. The van der Waals surface area contributed by atoms with Gasteiger partial charge in [-0.2, -0.15) is 0 Å². The van der Waals surface area contributed by atoms with E-state index in [1.54, 1.807) is 6.07 Å².